The standard InChI is InChI=1S/C31H51NO4/c1-20-9-13-30(3)23(17-20)5-6-24-25-7-8-27(31(25,4)14-10-26(24)30)28(34)19-36-29(35)22-11-15-32(16-12-22)18-21(2)33/h20-27,33H,5-19H2,1-4H3. The monoisotopic (exact) mass is 501 g/mol. The lowest BCUT2D eigenvalue weighted by molar-refractivity contribution is -0.157. The van der Waals surface area contributed by atoms with Crippen molar-refractivity contribution in [3.63, 3.8) is 0 Å². The molecule has 4 aliphatic carbocycles. The minimum Gasteiger partial charge on any atom is -0.457 e. The van der Waals surface area contributed by atoms with Gasteiger partial charge in [0.15, 0.2) is 5.78 Å². The molecule has 36 heavy (non-hydrogen) atoms. The van der Waals surface area contributed by atoms with Gasteiger partial charge in [-0.15, -0.1) is 0 Å². The molecule has 5 fully saturated rings. The second kappa shape index (κ2) is 10.3. The molecule has 5 rings (SSSR count). The minimum atomic E-state index is -0.345. The predicted molar refractivity (Wildman–Crippen MR) is 141 cm³/mol. The van der Waals surface area contributed by atoms with E-state index in [4.69, 9.17) is 4.74 Å². The lowest BCUT2D eigenvalue weighted by Crippen LogP contribution is -2.53. The molecular weight excluding hydrogens is 450 g/mol. The Bertz CT molecular complexity index is 819. The molecule has 9 atom stereocenters. The largest absolute Gasteiger partial charge is 0.457 e. The predicted octanol–water partition coefficient (Wildman–Crippen LogP) is 5.49. The first-order valence-electron chi connectivity index (χ1n) is 15.2. The molecule has 0 spiro atoms. The third-order valence-corrected chi connectivity index (χ3v) is 12.1. The van der Waals surface area contributed by atoms with Gasteiger partial charge in [-0.3, -0.25) is 9.59 Å². The van der Waals surface area contributed by atoms with E-state index in [1.807, 2.05) is 0 Å². The van der Waals surface area contributed by atoms with E-state index in [1.54, 1.807) is 6.92 Å². The lowest BCUT2D eigenvalue weighted by Gasteiger charge is -2.61. The van der Waals surface area contributed by atoms with Gasteiger partial charge in [0, 0.05) is 12.5 Å². The highest BCUT2D eigenvalue weighted by atomic mass is 16.5. The summed E-state index contributed by atoms with van der Waals surface area (Å²) in [7, 11) is 0. The highest BCUT2D eigenvalue weighted by molar-refractivity contribution is 5.85. The van der Waals surface area contributed by atoms with Crippen LogP contribution in [0.1, 0.15) is 98.3 Å². The molecule has 204 valence electrons. The highest BCUT2D eigenvalue weighted by Gasteiger charge is 2.61. The van der Waals surface area contributed by atoms with E-state index in [1.165, 1.54) is 51.4 Å². The van der Waals surface area contributed by atoms with Gasteiger partial charge < -0.3 is 14.7 Å². The molecule has 4 saturated carbocycles. The fraction of sp³-hybridized carbons (Fsp3) is 0.935. The summed E-state index contributed by atoms with van der Waals surface area (Å²) in [6.45, 7) is 11.5. The van der Waals surface area contributed by atoms with Gasteiger partial charge in [0.25, 0.3) is 0 Å². The number of likely N-dealkylation sites (tertiary alicyclic amines) is 1. The molecule has 1 N–H and O–H groups in total. The van der Waals surface area contributed by atoms with E-state index in [-0.39, 0.29) is 41.7 Å². The molecule has 5 heteroatoms. The molecule has 1 saturated heterocycles. The van der Waals surface area contributed by atoms with Crippen molar-refractivity contribution in [2.75, 3.05) is 26.2 Å². The third kappa shape index (κ3) is 4.81. The molecule has 0 aromatic rings. The van der Waals surface area contributed by atoms with Crippen molar-refractivity contribution in [3.8, 4) is 0 Å². The maximum absolute atomic E-state index is 13.4. The molecule has 0 aromatic heterocycles. The van der Waals surface area contributed by atoms with Crippen LogP contribution < -0.4 is 0 Å². The van der Waals surface area contributed by atoms with E-state index in [2.05, 4.69) is 25.7 Å². The number of aliphatic hydroxyl groups is 1. The van der Waals surface area contributed by atoms with E-state index in [0.29, 0.717) is 17.9 Å². The van der Waals surface area contributed by atoms with Crippen LogP contribution in [0, 0.1) is 52.3 Å². The number of carbonyl (C=O) groups is 2. The molecule has 0 aromatic carbocycles. The zero-order valence-electron chi connectivity index (χ0n) is 23.3. The topological polar surface area (TPSA) is 66.8 Å². The number of hydrogen-bond acceptors (Lipinski definition) is 5. The van der Waals surface area contributed by atoms with Crippen LogP contribution in [0.25, 0.3) is 0 Å². The highest BCUT2D eigenvalue weighted by Crippen LogP contribution is 2.67. The number of rotatable bonds is 6. The molecule has 0 bridgehead atoms. The van der Waals surface area contributed by atoms with Crippen molar-refractivity contribution in [2.24, 2.45) is 52.3 Å². The summed E-state index contributed by atoms with van der Waals surface area (Å²) in [5, 5.41) is 9.60. The fourth-order valence-corrected chi connectivity index (χ4v) is 10.1. The van der Waals surface area contributed by atoms with Crippen LogP contribution >= 0.6 is 0 Å². The lowest BCUT2D eigenvalue weighted by atomic mass is 9.44. The summed E-state index contributed by atoms with van der Waals surface area (Å²) in [6, 6.07) is 0. The van der Waals surface area contributed by atoms with Crippen LogP contribution in [0.15, 0.2) is 0 Å². The maximum atomic E-state index is 13.4. The number of fused-ring (bicyclic) bond motifs is 5. The first-order chi connectivity index (χ1) is 17.1. The number of piperidine rings is 1. The van der Waals surface area contributed by atoms with Gasteiger partial charge in [0.05, 0.1) is 12.0 Å². The van der Waals surface area contributed by atoms with Gasteiger partial charge in [-0.2, -0.15) is 0 Å². The fourth-order valence-electron chi connectivity index (χ4n) is 10.1. The number of Topliss-reactive ketones (excluding diaryl/α,β-unsaturated/α-hetero) is 1. The summed E-state index contributed by atoms with van der Waals surface area (Å²) >= 11 is 0. The van der Waals surface area contributed by atoms with Crippen molar-refractivity contribution in [2.45, 2.75) is 104 Å². The Morgan fingerprint density at radius 2 is 1.64 bits per heavy atom. The van der Waals surface area contributed by atoms with Gasteiger partial charge in [-0.25, -0.2) is 0 Å². The van der Waals surface area contributed by atoms with Crippen LogP contribution in [0.2, 0.25) is 0 Å². The number of ketones is 1. The summed E-state index contributed by atoms with van der Waals surface area (Å²) in [6.07, 6.45) is 12.8. The normalized spacial score (nSPS) is 44.2. The molecule has 0 radical (unpaired) electrons. The van der Waals surface area contributed by atoms with Gasteiger partial charge >= 0.3 is 5.97 Å². The van der Waals surface area contributed by atoms with Crippen molar-refractivity contribution < 1.29 is 19.4 Å². The van der Waals surface area contributed by atoms with Crippen LogP contribution in [0.5, 0.6) is 0 Å². The Kier molecular flexibility index (Phi) is 7.64. The Hall–Kier alpha value is -0.940. The van der Waals surface area contributed by atoms with Crippen LogP contribution in [0.3, 0.4) is 0 Å². The summed E-state index contributed by atoms with van der Waals surface area (Å²) in [4.78, 5) is 28.4. The Morgan fingerprint density at radius 3 is 2.36 bits per heavy atom. The Balaban J connectivity index is 1.16. The Morgan fingerprint density at radius 1 is 0.944 bits per heavy atom. The number of ether oxygens (including phenoxy) is 1. The van der Waals surface area contributed by atoms with Crippen molar-refractivity contribution in [1.82, 2.24) is 4.90 Å². The van der Waals surface area contributed by atoms with Crippen molar-refractivity contribution in [1.29, 1.82) is 0 Å². The quantitative estimate of drug-likeness (QED) is 0.488. The first kappa shape index (κ1) is 26.7. The van der Waals surface area contributed by atoms with Gasteiger partial charge in [-0.05, 0) is 125 Å². The third-order valence-electron chi connectivity index (χ3n) is 12.1. The Labute approximate surface area is 219 Å². The number of β-amino-alcohol motifs (C(OH)–C–C–N with tert-alkyl or cyclic N) is 1. The molecular formula is C31H51NO4. The number of hydrogen-bond donors (Lipinski definition) is 1. The van der Waals surface area contributed by atoms with Crippen LogP contribution in [-0.4, -0.2) is 54.1 Å². The summed E-state index contributed by atoms with van der Waals surface area (Å²) < 4.78 is 5.64. The van der Waals surface area contributed by atoms with E-state index >= 15 is 0 Å². The van der Waals surface area contributed by atoms with E-state index < -0.39 is 0 Å². The van der Waals surface area contributed by atoms with E-state index in [0.717, 1.165) is 56.0 Å². The van der Waals surface area contributed by atoms with Crippen LogP contribution in [-0.2, 0) is 14.3 Å². The number of aliphatic hydroxyl groups excluding tert-OH is 1. The summed E-state index contributed by atoms with van der Waals surface area (Å²) in [5.74, 6) is 4.01. The maximum Gasteiger partial charge on any atom is 0.309 e. The van der Waals surface area contributed by atoms with Gasteiger partial charge in [-0.1, -0.05) is 27.2 Å². The van der Waals surface area contributed by atoms with E-state index in [9.17, 15) is 14.7 Å². The molecule has 9 unspecified atom stereocenters. The molecule has 1 heterocycles. The average Bonchev–Trinajstić information content (AvgIpc) is 3.20. The van der Waals surface area contributed by atoms with Crippen molar-refractivity contribution in [3.05, 3.63) is 0 Å². The minimum absolute atomic E-state index is 0.0362. The molecule has 5 nitrogen and oxygen atoms in total. The molecule has 5 aliphatic rings. The van der Waals surface area contributed by atoms with Gasteiger partial charge in [0.1, 0.15) is 6.61 Å². The van der Waals surface area contributed by atoms with Crippen molar-refractivity contribution >= 4 is 11.8 Å². The average molecular weight is 502 g/mol. The second-order valence-corrected chi connectivity index (χ2v) is 14.2. The zero-order valence-corrected chi connectivity index (χ0v) is 23.3. The molecule has 0 amide bonds. The van der Waals surface area contributed by atoms with Gasteiger partial charge in [0.2, 0.25) is 0 Å². The number of carbonyl (C=O) groups excluding carboxylic acids is 2. The van der Waals surface area contributed by atoms with Crippen LogP contribution in [0.4, 0.5) is 0 Å². The zero-order chi connectivity index (χ0) is 25.7. The number of nitrogens with zero attached hydrogens (tertiary/aromatic N) is 1. The summed E-state index contributed by atoms with van der Waals surface area (Å²) in [5.41, 5.74) is 0.599. The number of esters is 1. The smallest absolute Gasteiger partial charge is 0.309 e. The SMILES string of the molecule is CC(O)CN1CCC(C(=O)OCC(=O)C2CCC3C4CCC5CC(C)CCC5(C)C4CCC23C)CC1. The molecule has 1 aliphatic heterocycles. The second-order valence-electron chi connectivity index (χ2n) is 14.2. The first-order valence-corrected chi connectivity index (χ1v) is 15.2.